The molecule has 106 valence electrons. The zero-order valence-electron chi connectivity index (χ0n) is 10.7. The van der Waals surface area contributed by atoms with Gasteiger partial charge in [-0.15, -0.1) is 0 Å². The second kappa shape index (κ2) is 5.88. The van der Waals surface area contributed by atoms with Gasteiger partial charge in [-0.2, -0.15) is 13.2 Å². The van der Waals surface area contributed by atoms with Crippen LogP contribution < -0.4 is 0 Å². The number of hydrogen-bond donors (Lipinski definition) is 0. The van der Waals surface area contributed by atoms with Gasteiger partial charge in [0.05, 0.1) is 12.2 Å². The molecule has 0 aliphatic carbocycles. The van der Waals surface area contributed by atoms with Crippen molar-refractivity contribution in [2.45, 2.75) is 45.3 Å². The maximum atomic E-state index is 12.0. The lowest BCUT2D eigenvalue weighted by Crippen LogP contribution is -2.51. The highest BCUT2D eigenvalue weighted by molar-refractivity contribution is 5.80. The van der Waals surface area contributed by atoms with Crippen LogP contribution in [0.4, 0.5) is 13.2 Å². The van der Waals surface area contributed by atoms with E-state index in [0.717, 1.165) is 0 Å². The largest absolute Gasteiger partial charge is 0.411 e. The van der Waals surface area contributed by atoms with Crippen molar-refractivity contribution in [3.63, 3.8) is 0 Å². The Balaban J connectivity index is 2.47. The van der Waals surface area contributed by atoms with Crippen molar-refractivity contribution in [2.75, 3.05) is 19.7 Å². The maximum Gasteiger partial charge on any atom is 0.411 e. The molecule has 0 aromatic heterocycles. The Morgan fingerprint density at radius 3 is 2.33 bits per heavy atom. The van der Waals surface area contributed by atoms with Gasteiger partial charge in [0.1, 0.15) is 12.7 Å². The van der Waals surface area contributed by atoms with Crippen LogP contribution in [-0.4, -0.2) is 55.0 Å². The van der Waals surface area contributed by atoms with Crippen molar-refractivity contribution in [2.24, 2.45) is 0 Å². The number of carbonyl (C=O) groups is 1. The predicted molar refractivity (Wildman–Crippen MR) is 58.1 cm³/mol. The Hall–Kier alpha value is -0.820. The Kier molecular flexibility index (Phi) is 4.98. The van der Waals surface area contributed by atoms with E-state index in [0.29, 0.717) is 13.1 Å². The van der Waals surface area contributed by atoms with Gasteiger partial charge in [0.15, 0.2) is 0 Å². The average molecular weight is 269 g/mol. The lowest BCUT2D eigenvalue weighted by atomic mass is 10.2. The van der Waals surface area contributed by atoms with E-state index in [1.807, 2.05) is 13.8 Å². The van der Waals surface area contributed by atoms with Crippen LogP contribution >= 0.6 is 0 Å². The van der Waals surface area contributed by atoms with Crippen LogP contribution in [0.2, 0.25) is 0 Å². The van der Waals surface area contributed by atoms with E-state index < -0.39 is 24.8 Å². The van der Waals surface area contributed by atoms with Crippen LogP contribution in [-0.2, 0) is 14.3 Å². The minimum absolute atomic E-state index is 0.118. The average Bonchev–Trinajstić information content (AvgIpc) is 2.22. The van der Waals surface area contributed by atoms with E-state index >= 15 is 0 Å². The van der Waals surface area contributed by atoms with E-state index in [4.69, 9.17) is 4.74 Å². The Bertz CT molecular complexity index is 286. The van der Waals surface area contributed by atoms with Crippen LogP contribution in [0.15, 0.2) is 0 Å². The second-order valence-corrected chi connectivity index (χ2v) is 4.57. The first-order chi connectivity index (χ1) is 8.19. The van der Waals surface area contributed by atoms with Crippen molar-refractivity contribution in [3.8, 4) is 0 Å². The SMILES string of the molecule is C[C@@H]1CN(C(=O)[C@@H](C)OCC(F)(F)F)C[C@@H](C)O1. The molecule has 0 saturated carbocycles. The summed E-state index contributed by atoms with van der Waals surface area (Å²) in [6.07, 6.45) is -5.75. The summed E-state index contributed by atoms with van der Waals surface area (Å²) >= 11 is 0. The standard InChI is InChI=1S/C11H18F3NO3/c1-7-4-15(5-8(2)18-7)10(16)9(3)17-6-11(12,13)14/h7-9H,4-6H2,1-3H3/t7-,8-,9-/m1/s1. The fourth-order valence-corrected chi connectivity index (χ4v) is 1.91. The number of ether oxygens (including phenoxy) is 2. The van der Waals surface area contributed by atoms with Crippen molar-refractivity contribution < 1.29 is 27.4 Å². The molecular weight excluding hydrogens is 251 g/mol. The smallest absolute Gasteiger partial charge is 0.372 e. The van der Waals surface area contributed by atoms with Crippen molar-refractivity contribution in [1.82, 2.24) is 4.90 Å². The number of morpholine rings is 1. The first kappa shape index (κ1) is 15.2. The molecule has 0 unspecified atom stereocenters. The van der Waals surface area contributed by atoms with Crippen molar-refractivity contribution in [3.05, 3.63) is 0 Å². The number of hydrogen-bond acceptors (Lipinski definition) is 3. The van der Waals surface area contributed by atoms with Crippen molar-refractivity contribution in [1.29, 1.82) is 0 Å². The quantitative estimate of drug-likeness (QED) is 0.781. The molecule has 0 N–H and O–H groups in total. The minimum Gasteiger partial charge on any atom is -0.372 e. The van der Waals surface area contributed by atoms with E-state index in [9.17, 15) is 18.0 Å². The number of amides is 1. The third kappa shape index (κ3) is 4.81. The zero-order valence-corrected chi connectivity index (χ0v) is 10.7. The van der Waals surface area contributed by atoms with E-state index in [1.165, 1.54) is 11.8 Å². The fourth-order valence-electron chi connectivity index (χ4n) is 1.91. The summed E-state index contributed by atoms with van der Waals surface area (Å²) < 4.78 is 45.9. The topological polar surface area (TPSA) is 38.8 Å². The summed E-state index contributed by atoms with van der Waals surface area (Å²) in [5.41, 5.74) is 0. The van der Waals surface area contributed by atoms with E-state index in [1.54, 1.807) is 0 Å². The minimum atomic E-state index is -4.42. The van der Waals surface area contributed by atoms with Crippen LogP contribution in [0.5, 0.6) is 0 Å². The van der Waals surface area contributed by atoms with E-state index in [2.05, 4.69) is 4.74 Å². The van der Waals surface area contributed by atoms with Gasteiger partial charge in [-0.25, -0.2) is 0 Å². The van der Waals surface area contributed by atoms with Gasteiger partial charge < -0.3 is 14.4 Å². The third-order valence-electron chi connectivity index (χ3n) is 2.58. The number of rotatable bonds is 3. The first-order valence-corrected chi connectivity index (χ1v) is 5.81. The number of nitrogens with zero attached hydrogens (tertiary/aromatic N) is 1. The summed E-state index contributed by atoms with van der Waals surface area (Å²) in [5, 5.41) is 0. The summed E-state index contributed by atoms with van der Waals surface area (Å²) in [4.78, 5) is 13.4. The number of halogens is 3. The molecule has 0 spiro atoms. The van der Waals surface area contributed by atoms with Gasteiger partial charge in [-0.1, -0.05) is 0 Å². The van der Waals surface area contributed by atoms with Crippen LogP contribution in [0.25, 0.3) is 0 Å². The molecular formula is C11H18F3NO3. The van der Waals surface area contributed by atoms with Crippen molar-refractivity contribution >= 4 is 5.91 Å². The fraction of sp³-hybridized carbons (Fsp3) is 0.909. The molecule has 3 atom stereocenters. The maximum absolute atomic E-state index is 12.0. The van der Waals surface area contributed by atoms with Gasteiger partial charge >= 0.3 is 6.18 Å². The van der Waals surface area contributed by atoms with Crippen LogP contribution in [0, 0.1) is 0 Å². The second-order valence-electron chi connectivity index (χ2n) is 4.57. The highest BCUT2D eigenvalue weighted by atomic mass is 19.4. The Morgan fingerprint density at radius 1 is 1.39 bits per heavy atom. The molecule has 1 fully saturated rings. The molecule has 0 aromatic carbocycles. The normalized spacial score (nSPS) is 27.1. The molecule has 1 heterocycles. The molecule has 0 aromatic rings. The molecule has 1 aliphatic heterocycles. The molecule has 1 rings (SSSR count). The molecule has 1 saturated heterocycles. The van der Waals surface area contributed by atoms with Crippen LogP contribution in [0.3, 0.4) is 0 Å². The predicted octanol–water partition coefficient (Wildman–Crippen LogP) is 1.59. The van der Waals surface area contributed by atoms with Gasteiger partial charge in [-0.05, 0) is 20.8 Å². The molecule has 0 bridgehead atoms. The zero-order chi connectivity index (χ0) is 13.9. The summed E-state index contributed by atoms with van der Waals surface area (Å²) in [6, 6.07) is 0. The van der Waals surface area contributed by atoms with Gasteiger partial charge in [-0.3, -0.25) is 4.79 Å². The van der Waals surface area contributed by atoms with Gasteiger partial charge in [0.2, 0.25) is 0 Å². The summed E-state index contributed by atoms with van der Waals surface area (Å²) in [6.45, 7) is 4.31. The summed E-state index contributed by atoms with van der Waals surface area (Å²) in [5.74, 6) is -0.429. The monoisotopic (exact) mass is 269 g/mol. The number of carbonyl (C=O) groups excluding carboxylic acids is 1. The molecule has 1 amide bonds. The lowest BCUT2D eigenvalue weighted by Gasteiger charge is -2.36. The highest BCUT2D eigenvalue weighted by Gasteiger charge is 2.33. The number of alkyl halides is 3. The van der Waals surface area contributed by atoms with Gasteiger partial charge in [0, 0.05) is 13.1 Å². The van der Waals surface area contributed by atoms with E-state index in [-0.39, 0.29) is 12.2 Å². The molecule has 7 heteroatoms. The van der Waals surface area contributed by atoms with Gasteiger partial charge in [0.25, 0.3) is 5.91 Å². The molecule has 18 heavy (non-hydrogen) atoms. The molecule has 1 aliphatic rings. The lowest BCUT2D eigenvalue weighted by molar-refractivity contribution is -0.191. The Labute approximate surface area is 104 Å². The van der Waals surface area contributed by atoms with Crippen LogP contribution in [0.1, 0.15) is 20.8 Å². The molecule has 0 radical (unpaired) electrons. The highest BCUT2D eigenvalue weighted by Crippen LogP contribution is 2.17. The Morgan fingerprint density at radius 2 is 1.89 bits per heavy atom. The third-order valence-corrected chi connectivity index (χ3v) is 2.58. The first-order valence-electron chi connectivity index (χ1n) is 5.81. The summed E-state index contributed by atoms with van der Waals surface area (Å²) in [7, 11) is 0. The molecule has 4 nitrogen and oxygen atoms in total.